The van der Waals surface area contributed by atoms with Gasteiger partial charge in [0.25, 0.3) is 0 Å². The van der Waals surface area contributed by atoms with E-state index in [0.29, 0.717) is 19.6 Å². The quantitative estimate of drug-likeness (QED) is 0.572. The fourth-order valence-electron chi connectivity index (χ4n) is 4.48. The molecule has 0 aliphatic carbocycles. The first-order valence-electron chi connectivity index (χ1n) is 11.3. The highest BCUT2D eigenvalue weighted by Gasteiger charge is 2.26. The molecule has 1 aromatic carbocycles. The Balaban J connectivity index is 1.46. The van der Waals surface area contributed by atoms with E-state index in [0.717, 1.165) is 72.1 Å². The molecule has 2 saturated heterocycles. The summed E-state index contributed by atoms with van der Waals surface area (Å²) in [6.07, 6.45) is 2.79. The van der Waals surface area contributed by atoms with E-state index in [2.05, 4.69) is 27.7 Å². The number of piperidine rings is 1. The van der Waals surface area contributed by atoms with Crippen molar-refractivity contribution in [1.29, 1.82) is 0 Å². The van der Waals surface area contributed by atoms with Crippen LogP contribution in [-0.4, -0.2) is 79.3 Å². The van der Waals surface area contributed by atoms with Gasteiger partial charge in [0, 0.05) is 43.2 Å². The highest BCUT2D eigenvalue weighted by molar-refractivity contribution is 7.88. The van der Waals surface area contributed by atoms with E-state index >= 15 is 0 Å². The first-order chi connectivity index (χ1) is 16.0. The van der Waals surface area contributed by atoms with Crippen molar-refractivity contribution >= 4 is 37.4 Å². The number of fused-ring (bicyclic) bond motifs is 1. The maximum Gasteiger partial charge on any atom is 0.211 e. The number of thiophene rings is 1. The number of hydrogen-bond donors (Lipinski definition) is 1. The van der Waals surface area contributed by atoms with E-state index in [1.165, 1.54) is 6.26 Å². The van der Waals surface area contributed by atoms with Crippen molar-refractivity contribution < 1.29 is 13.2 Å². The van der Waals surface area contributed by atoms with Gasteiger partial charge in [0.05, 0.1) is 31.4 Å². The zero-order valence-corrected chi connectivity index (χ0v) is 20.4. The van der Waals surface area contributed by atoms with Crippen LogP contribution in [0.2, 0.25) is 0 Å². The van der Waals surface area contributed by atoms with Crippen molar-refractivity contribution in [2.24, 2.45) is 0 Å². The Morgan fingerprint density at radius 1 is 1.09 bits per heavy atom. The van der Waals surface area contributed by atoms with Crippen LogP contribution < -0.4 is 5.32 Å². The fourth-order valence-corrected chi connectivity index (χ4v) is 6.32. The van der Waals surface area contributed by atoms with Gasteiger partial charge in [-0.2, -0.15) is 0 Å². The molecular weight excluding hydrogens is 458 g/mol. The molecule has 0 spiro atoms. The van der Waals surface area contributed by atoms with Crippen molar-refractivity contribution in [1.82, 2.24) is 19.2 Å². The Morgan fingerprint density at radius 2 is 1.82 bits per heavy atom. The molecule has 2 aliphatic heterocycles. The van der Waals surface area contributed by atoms with Gasteiger partial charge in [-0.25, -0.2) is 22.7 Å². The number of rotatable bonds is 6. The molecule has 3 aromatic rings. The molecule has 0 saturated carbocycles. The lowest BCUT2D eigenvalue weighted by Crippen LogP contribution is -2.42. The number of anilines is 1. The highest BCUT2D eigenvalue weighted by atomic mass is 32.2. The molecular formula is C23H29N5O3S2. The Hall–Kier alpha value is -2.11. The summed E-state index contributed by atoms with van der Waals surface area (Å²) in [5.74, 6) is 1.66. The molecule has 1 N–H and O–H groups in total. The normalized spacial score (nSPS) is 19.2. The Labute approximate surface area is 198 Å². The lowest BCUT2D eigenvalue weighted by Gasteiger charge is -2.31. The molecule has 10 heteroatoms. The fraction of sp³-hybridized carbons (Fsp3) is 0.478. The van der Waals surface area contributed by atoms with Gasteiger partial charge in [-0.15, -0.1) is 11.3 Å². The molecule has 2 fully saturated rings. The van der Waals surface area contributed by atoms with E-state index in [4.69, 9.17) is 14.7 Å². The van der Waals surface area contributed by atoms with Crippen molar-refractivity contribution in [3.05, 3.63) is 41.5 Å². The molecule has 0 bridgehead atoms. The third-order valence-corrected chi connectivity index (χ3v) is 8.47. The molecule has 176 valence electrons. The van der Waals surface area contributed by atoms with Crippen molar-refractivity contribution in [3.63, 3.8) is 0 Å². The van der Waals surface area contributed by atoms with Gasteiger partial charge < -0.3 is 10.1 Å². The molecule has 8 nitrogen and oxygen atoms in total. The molecule has 4 heterocycles. The SMILES string of the molecule is CS(=O)(=O)N1CCC(Nc2nc(CN3CCOCC3)nc3scc(-c4ccccc4)c23)CC1. The number of ether oxygens (including phenoxy) is 1. The number of nitrogens with one attached hydrogen (secondary N) is 1. The molecule has 2 aliphatic rings. The van der Waals surface area contributed by atoms with Crippen LogP contribution in [-0.2, 0) is 21.3 Å². The zero-order chi connectivity index (χ0) is 22.8. The van der Waals surface area contributed by atoms with Crippen molar-refractivity contribution in [3.8, 4) is 11.1 Å². The maximum atomic E-state index is 11.9. The standard InChI is InChI=1S/C23H29N5O3S2/c1-33(29,30)28-9-7-18(8-10-28)24-22-21-19(17-5-3-2-4-6-17)16-32-23(21)26-20(25-22)15-27-11-13-31-14-12-27/h2-6,16,18H,7-15H2,1H3,(H,24,25,26). The molecule has 0 amide bonds. The lowest BCUT2D eigenvalue weighted by molar-refractivity contribution is 0.0331. The number of sulfonamides is 1. The summed E-state index contributed by atoms with van der Waals surface area (Å²) in [5, 5.41) is 6.86. The molecule has 0 atom stereocenters. The van der Waals surface area contributed by atoms with Crippen LogP contribution >= 0.6 is 11.3 Å². The number of aromatic nitrogens is 2. The summed E-state index contributed by atoms with van der Waals surface area (Å²) in [6.45, 7) is 4.99. The Kier molecular flexibility index (Phi) is 6.62. The lowest BCUT2D eigenvalue weighted by atomic mass is 10.0. The van der Waals surface area contributed by atoms with E-state index in [1.807, 2.05) is 18.2 Å². The molecule has 2 aromatic heterocycles. The predicted octanol–water partition coefficient (Wildman–Crippen LogP) is 3.03. The van der Waals surface area contributed by atoms with Crippen LogP contribution in [0.3, 0.4) is 0 Å². The number of hydrogen-bond acceptors (Lipinski definition) is 8. The number of nitrogens with zero attached hydrogens (tertiary/aromatic N) is 4. The number of benzene rings is 1. The first-order valence-corrected chi connectivity index (χ1v) is 14.1. The summed E-state index contributed by atoms with van der Waals surface area (Å²) >= 11 is 1.64. The average molecular weight is 488 g/mol. The van der Waals surface area contributed by atoms with Gasteiger partial charge in [0.1, 0.15) is 16.5 Å². The van der Waals surface area contributed by atoms with Crippen LogP contribution in [0.4, 0.5) is 5.82 Å². The van der Waals surface area contributed by atoms with Gasteiger partial charge in [-0.3, -0.25) is 4.90 Å². The highest BCUT2D eigenvalue weighted by Crippen LogP contribution is 2.37. The molecule has 0 radical (unpaired) electrons. The van der Waals surface area contributed by atoms with Gasteiger partial charge in [-0.05, 0) is 18.4 Å². The van der Waals surface area contributed by atoms with Gasteiger partial charge >= 0.3 is 0 Å². The predicted molar refractivity (Wildman–Crippen MR) is 132 cm³/mol. The van der Waals surface area contributed by atoms with Crippen LogP contribution in [0.5, 0.6) is 0 Å². The summed E-state index contributed by atoms with van der Waals surface area (Å²) in [6, 6.07) is 10.5. The first kappa shape index (κ1) is 22.7. The van der Waals surface area contributed by atoms with Crippen LogP contribution in [0.25, 0.3) is 21.3 Å². The zero-order valence-electron chi connectivity index (χ0n) is 18.7. The van der Waals surface area contributed by atoms with Crippen LogP contribution in [0.1, 0.15) is 18.7 Å². The molecule has 33 heavy (non-hydrogen) atoms. The monoisotopic (exact) mass is 487 g/mol. The van der Waals surface area contributed by atoms with Gasteiger partial charge in [0.2, 0.25) is 10.0 Å². The Bertz CT molecular complexity index is 1200. The average Bonchev–Trinajstić information content (AvgIpc) is 3.24. The van der Waals surface area contributed by atoms with Crippen LogP contribution in [0, 0.1) is 0 Å². The summed E-state index contributed by atoms with van der Waals surface area (Å²) in [4.78, 5) is 13.2. The van der Waals surface area contributed by atoms with E-state index < -0.39 is 10.0 Å². The molecule has 0 unspecified atom stereocenters. The van der Waals surface area contributed by atoms with E-state index in [1.54, 1.807) is 15.6 Å². The third kappa shape index (κ3) is 5.20. The second-order valence-electron chi connectivity index (χ2n) is 8.65. The number of morpholine rings is 1. The Morgan fingerprint density at radius 3 is 2.52 bits per heavy atom. The minimum Gasteiger partial charge on any atom is -0.379 e. The largest absolute Gasteiger partial charge is 0.379 e. The van der Waals surface area contributed by atoms with Crippen molar-refractivity contribution in [2.75, 3.05) is 51.0 Å². The third-order valence-electron chi connectivity index (χ3n) is 6.30. The van der Waals surface area contributed by atoms with E-state index in [9.17, 15) is 8.42 Å². The van der Waals surface area contributed by atoms with Gasteiger partial charge in [0.15, 0.2) is 0 Å². The minimum atomic E-state index is -3.15. The van der Waals surface area contributed by atoms with E-state index in [-0.39, 0.29) is 6.04 Å². The topological polar surface area (TPSA) is 87.7 Å². The van der Waals surface area contributed by atoms with Crippen molar-refractivity contribution in [2.45, 2.75) is 25.4 Å². The second kappa shape index (κ2) is 9.63. The summed E-state index contributed by atoms with van der Waals surface area (Å²) < 4.78 is 30.8. The second-order valence-corrected chi connectivity index (χ2v) is 11.5. The minimum absolute atomic E-state index is 0.167. The maximum absolute atomic E-state index is 11.9. The summed E-state index contributed by atoms with van der Waals surface area (Å²) in [5.41, 5.74) is 2.27. The summed E-state index contributed by atoms with van der Waals surface area (Å²) in [7, 11) is -3.15. The van der Waals surface area contributed by atoms with Crippen LogP contribution in [0.15, 0.2) is 35.7 Å². The van der Waals surface area contributed by atoms with Gasteiger partial charge in [-0.1, -0.05) is 30.3 Å². The smallest absolute Gasteiger partial charge is 0.211 e. The molecule has 5 rings (SSSR count).